The maximum atomic E-state index is 12.6. The minimum atomic E-state index is -0.492. The fourth-order valence-corrected chi connectivity index (χ4v) is 3.70. The molecule has 0 unspecified atom stereocenters. The first-order chi connectivity index (χ1) is 13.2. The SMILES string of the molecule is CC(C)CN(CCC(=O)N1CCCCC1)c1c(N)n(CC(C)C)c(=O)[nH]c1=O. The molecule has 1 aromatic heterocycles. The number of anilines is 2. The molecular weight excluding hydrogens is 358 g/mol. The first kappa shape index (κ1) is 22.0. The number of nitrogens with one attached hydrogen (secondary N) is 1. The number of carbonyl (C=O) groups is 1. The van der Waals surface area contributed by atoms with Crippen molar-refractivity contribution in [1.29, 1.82) is 0 Å². The molecule has 0 spiro atoms. The zero-order valence-corrected chi connectivity index (χ0v) is 17.7. The maximum absolute atomic E-state index is 12.6. The van der Waals surface area contributed by atoms with Crippen LogP contribution in [0.15, 0.2) is 9.59 Å². The van der Waals surface area contributed by atoms with Crippen LogP contribution in [0.2, 0.25) is 0 Å². The molecule has 1 amide bonds. The van der Waals surface area contributed by atoms with Gasteiger partial charge in [0.1, 0.15) is 11.5 Å². The van der Waals surface area contributed by atoms with Crippen LogP contribution in [0.3, 0.4) is 0 Å². The summed E-state index contributed by atoms with van der Waals surface area (Å²) in [6, 6.07) is 0. The normalized spacial score (nSPS) is 14.7. The van der Waals surface area contributed by atoms with Gasteiger partial charge in [0.05, 0.1) is 0 Å². The molecule has 3 N–H and O–H groups in total. The van der Waals surface area contributed by atoms with Crippen LogP contribution in [0.1, 0.15) is 53.4 Å². The lowest BCUT2D eigenvalue weighted by Crippen LogP contribution is -2.42. The van der Waals surface area contributed by atoms with Gasteiger partial charge in [-0.2, -0.15) is 0 Å². The molecule has 0 radical (unpaired) electrons. The van der Waals surface area contributed by atoms with Gasteiger partial charge in [0, 0.05) is 39.1 Å². The van der Waals surface area contributed by atoms with E-state index in [1.807, 2.05) is 37.5 Å². The molecule has 2 heterocycles. The van der Waals surface area contributed by atoms with Crippen molar-refractivity contribution >= 4 is 17.4 Å². The van der Waals surface area contributed by atoms with Crippen LogP contribution in [0.25, 0.3) is 0 Å². The monoisotopic (exact) mass is 393 g/mol. The molecule has 0 aromatic carbocycles. The fraction of sp³-hybridized carbons (Fsp3) is 0.750. The van der Waals surface area contributed by atoms with Gasteiger partial charge in [0.15, 0.2) is 0 Å². The number of aromatic amines is 1. The number of hydrogen-bond acceptors (Lipinski definition) is 5. The molecule has 0 saturated carbocycles. The van der Waals surface area contributed by atoms with E-state index in [-0.39, 0.29) is 23.6 Å². The summed E-state index contributed by atoms with van der Waals surface area (Å²) >= 11 is 0. The molecule has 1 aromatic rings. The van der Waals surface area contributed by atoms with Crippen molar-refractivity contribution in [1.82, 2.24) is 14.5 Å². The van der Waals surface area contributed by atoms with Gasteiger partial charge in [-0.1, -0.05) is 27.7 Å². The van der Waals surface area contributed by atoms with E-state index in [1.165, 1.54) is 11.0 Å². The van der Waals surface area contributed by atoms with Crippen molar-refractivity contribution in [2.24, 2.45) is 11.8 Å². The van der Waals surface area contributed by atoms with Gasteiger partial charge < -0.3 is 15.5 Å². The van der Waals surface area contributed by atoms with Gasteiger partial charge in [-0.05, 0) is 31.1 Å². The Bertz CT molecular complexity index is 775. The Labute approximate surface area is 166 Å². The third kappa shape index (κ3) is 5.62. The molecule has 8 heteroatoms. The van der Waals surface area contributed by atoms with E-state index in [9.17, 15) is 14.4 Å². The number of H-pyrrole nitrogens is 1. The first-order valence-electron chi connectivity index (χ1n) is 10.4. The van der Waals surface area contributed by atoms with Gasteiger partial charge >= 0.3 is 5.69 Å². The highest BCUT2D eigenvalue weighted by Gasteiger charge is 2.22. The van der Waals surface area contributed by atoms with Crippen molar-refractivity contribution in [2.45, 2.75) is 59.9 Å². The van der Waals surface area contributed by atoms with E-state index in [0.29, 0.717) is 31.7 Å². The lowest BCUT2D eigenvalue weighted by molar-refractivity contribution is -0.131. The van der Waals surface area contributed by atoms with Gasteiger partial charge in [0.2, 0.25) is 5.91 Å². The van der Waals surface area contributed by atoms with E-state index in [4.69, 9.17) is 5.73 Å². The Hall–Kier alpha value is -2.25. The Balaban J connectivity index is 2.28. The zero-order chi connectivity index (χ0) is 20.8. The summed E-state index contributed by atoms with van der Waals surface area (Å²) in [6.45, 7) is 11.1. The fourth-order valence-electron chi connectivity index (χ4n) is 3.70. The van der Waals surface area contributed by atoms with Crippen molar-refractivity contribution in [3.05, 3.63) is 20.8 Å². The van der Waals surface area contributed by atoms with Crippen LogP contribution >= 0.6 is 0 Å². The standard InChI is InChI=1S/C20H35N5O3/c1-14(2)12-24(11-8-16(26)23-9-6-5-7-10-23)17-18(21)25(13-15(3)4)20(28)22-19(17)27/h14-15H,5-13,21H2,1-4H3,(H,22,27,28). The molecular formula is C20H35N5O3. The minimum Gasteiger partial charge on any atom is -0.383 e. The summed E-state index contributed by atoms with van der Waals surface area (Å²) < 4.78 is 1.42. The molecule has 0 aliphatic carbocycles. The lowest BCUT2D eigenvalue weighted by atomic mass is 10.1. The second kappa shape index (κ2) is 9.80. The molecule has 1 fully saturated rings. The average Bonchev–Trinajstić information content (AvgIpc) is 2.62. The van der Waals surface area contributed by atoms with Gasteiger partial charge in [-0.15, -0.1) is 0 Å². The van der Waals surface area contributed by atoms with Gasteiger partial charge in [-0.25, -0.2) is 4.79 Å². The number of amides is 1. The van der Waals surface area contributed by atoms with Crippen LogP contribution in [-0.4, -0.2) is 46.5 Å². The molecule has 0 atom stereocenters. The van der Waals surface area contributed by atoms with Crippen LogP contribution in [0, 0.1) is 11.8 Å². The van der Waals surface area contributed by atoms with Crippen LogP contribution in [-0.2, 0) is 11.3 Å². The van der Waals surface area contributed by atoms with Crippen molar-refractivity contribution in [3.63, 3.8) is 0 Å². The third-order valence-corrected chi connectivity index (χ3v) is 4.97. The molecule has 28 heavy (non-hydrogen) atoms. The van der Waals surface area contributed by atoms with Crippen LogP contribution < -0.4 is 21.9 Å². The van der Waals surface area contributed by atoms with Gasteiger partial charge in [0.25, 0.3) is 5.56 Å². The first-order valence-corrected chi connectivity index (χ1v) is 10.4. The predicted octanol–water partition coefficient (Wildman–Crippen LogP) is 1.64. The summed E-state index contributed by atoms with van der Waals surface area (Å²) in [5.41, 5.74) is 5.57. The molecule has 158 valence electrons. The number of nitrogens with two attached hydrogens (primary N) is 1. The number of nitrogens with zero attached hydrogens (tertiary/aromatic N) is 3. The minimum absolute atomic E-state index is 0.110. The highest BCUT2D eigenvalue weighted by Crippen LogP contribution is 2.20. The highest BCUT2D eigenvalue weighted by molar-refractivity contribution is 5.77. The highest BCUT2D eigenvalue weighted by atomic mass is 16.2. The van der Waals surface area contributed by atoms with E-state index < -0.39 is 11.2 Å². The molecule has 1 aliphatic rings. The summed E-state index contributed by atoms with van der Waals surface area (Å²) in [4.78, 5) is 43.5. The molecule has 8 nitrogen and oxygen atoms in total. The van der Waals surface area contributed by atoms with E-state index in [0.717, 1.165) is 25.9 Å². The molecule has 2 rings (SSSR count). The van der Waals surface area contributed by atoms with Crippen molar-refractivity contribution in [2.75, 3.05) is 36.8 Å². The maximum Gasteiger partial charge on any atom is 0.330 e. The summed E-state index contributed by atoms with van der Waals surface area (Å²) in [5, 5.41) is 0. The Morgan fingerprint density at radius 2 is 1.75 bits per heavy atom. The van der Waals surface area contributed by atoms with Gasteiger partial charge in [-0.3, -0.25) is 19.1 Å². The molecule has 1 saturated heterocycles. The molecule has 1 aliphatic heterocycles. The zero-order valence-electron chi connectivity index (χ0n) is 17.7. The number of piperidine rings is 1. The van der Waals surface area contributed by atoms with E-state index in [2.05, 4.69) is 4.98 Å². The third-order valence-electron chi connectivity index (χ3n) is 4.97. The van der Waals surface area contributed by atoms with Crippen LogP contribution in [0.5, 0.6) is 0 Å². The number of nitrogen functional groups attached to an aromatic ring is 1. The number of hydrogen-bond donors (Lipinski definition) is 2. The largest absolute Gasteiger partial charge is 0.383 e. The van der Waals surface area contributed by atoms with E-state index >= 15 is 0 Å². The molecule has 0 bridgehead atoms. The Morgan fingerprint density at radius 1 is 1.11 bits per heavy atom. The smallest absolute Gasteiger partial charge is 0.330 e. The second-order valence-electron chi connectivity index (χ2n) is 8.53. The van der Waals surface area contributed by atoms with Crippen molar-refractivity contribution < 1.29 is 4.79 Å². The van der Waals surface area contributed by atoms with E-state index in [1.54, 1.807) is 0 Å². The van der Waals surface area contributed by atoms with Crippen LogP contribution in [0.4, 0.5) is 11.5 Å². The summed E-state index contributed by atoms with van der Waals surface area (Å²) in [6.07, 6.45) is 3.60. The quantitative estimate of drug-likeness (QED) is 0.699. The lowest BCUT2D eigenvalue weighted by Gasteiger charge is -2.30. The predicted molar refractivity (Wildman–Crippen MR) is 113 cm³/mol. The Morgan fingerprint density at radius 3 is 2.32 bits per heavy atom. The average molecular weight is 394 g/mol. The Kier molecular flexibility index (Phi) is 7.71. The second-order valence-corrected chi connectivity index (χ2v) is 8.53. The number of carbonyl (C=O) groups excluding carboxylic acids is 1. The summed E-state index contributed by atoms with van der Waals surface area (Å²) in [5.74, 6) is 0.764. The number of aromatic nitrogens is 2. The number of rotatable bonds is 8. The number of likely N-dealkylation sites (tertiary alicyclic amines) is 1. The summed E-state index contributed by atoms with van der Waals surface area (Å²) in [7, 11) is 0. The topological polar surface area (TPSA) is 104 Å². The van der Waals surface area contributed by atoms with Crippen molar-refractivity contribution in [3.8, 4) is 0 Å².